The van der Waals surface area contributed by atoms with E-state index in [-0.39, 0.29) is 75.6 Å². The highest BCUT2D eigenvalue weighted by Crippen LogP contribution is 2.36. The fourth-order valence-corrected chi connectivity index (χ4v) is 8.72. The first-order valence-electron chi connectivity index (χ1n) is 29.3. The number of unbranched alkanes of at least 4 members (excludes halogenated alkanes) is 18. The Balaban J connectivity index is 5.87. The summed E-state index contributed by atoms with van der Waals surface area (Å²) >= 11 is 0. The minimum Gasteiger partial charge on any atom is -0.466 e. The van der Waals surface area contributed by atoms with Gasteiger partial charge in [0.15, 0.2) is 8.32 Å². The molecular weight excluding hydrogens is 979 g/mol. The molecule has 75 heavy (non-hydrogen) atoms. The van der Waals surface area contributed by atoms with Crippen LogP contribution in [0.15, 0.2) is 0 Å². The highest BCUT2D eigenvalue weighted by molar-refractivity contribution is 6.74. The Morgan fingerprint density at radius 3 is 1.07 bits per heavy atom. The maximum absolute atomic E-state index is 14.2. The van der Waals surface area contributed by atoms with Crippen LogP contribution in [0.5, 0.6) is 0 Å². The molecule has 0 unspecified atom stereocenters. The van der Waals surface area contributed by atoms with E-state index < -0.39 is 50.6 Å². The number of carbonyl (C=O) groups is 7. The highest BCUT2D eigenvalue weighted by Gasteiger charge is 2.49. The maximum Gasteiger partial charge on any atom is 0.351 e. The summed E-state index contributed by atoms with van der Waals surface area (Å²) in [5, 5.41) is 0.0769. The van der Waals surface area contributed by atoms with Crippen LogP contribution in [0, 0.1) is 0 Å². The molecule has 0 aromatic rings. The molecule has 0 N–H and O–H groups in total. The van der Waals surface area contributed by atoms with E-state index in [1.165, 1.54) is 0 Å². The van der Waals surface area contributed by atoms with Gasteiger partial charge >= 0.3 is 41.8 Å². The first kappa shape index (κ1) is 71.4. The van der Waals surface area contributed by atoms with Crippen molar-refractivity contribution >= 4 is 50.1 Å². The third-order valence-corrected chi connectivity index (χ3v) is 18.1. The lowest BCUT2D eigenvalue weighted by Gasteiger charge is -2.36. The van der Waals surface area contributed by atoms with Crippen LogP contribution in [-0.4, -0.2) is 127 Å². The van der Waals surface area contributed by atoms with E-state index >= 15 is 0 Å². The summed E-state index contributed by atoms with van der Waals surface area (Å²) in [6, 6.07) is 0. The zero-order valence-electron chi connectivity index (χ0n) is 48.9. The molecule has 0 saturated carbocycles. The number of carbonyl (C=O) groups excluding carboxylic acids is 7. The van der Waals surface area contributed by atoms with E-state index in [2.05, 4.69) is 54.6 Å². The number of ether oxygens (including phenoxy) is 7. The molecule has 0 aliphatic heterocycles. The van der Waals surface area contributed by atoms with Gasteiger partial charge in [-0.05, 0) is 115 Å². The van der Waals surface area contributed by atoms with Gasteiger partial charge in [-0.3, -0.25) is 28.8 Å². The minimum absolute atomic E-state index is 0.0185. The van der Waals surface area contributed by atoms with Gasteiger partial charge in [-0.2, -0.15) is 0 Å². The number of hydrogen-bond acceptors (Lipinski definition) is 16. The van der Waals surface area contributed by atoms with Crippen LogP contribution in [0.25, 0.3) is 0 Å². The Kier molecular flexibility index (Phi) is 43.3. The molecule has 0 spiro atoms. The Hall–Kier alpha value is -3.57. The SMILES string of the molecule is CCCCCCCC(=O)OCCCCCOC(=O)CC(CC(=O)OCCCCCOC(=O)CCCCCCC)(OC(=O)CCN(C)CCCO[Si](C)(C)C(C)(C)C)C(=O)OCCCCCOC(=O)CCCCCCC. The molecule has 438 valence electrons. The molecule has 0 fully saturated rings. The molecule has 0 aliphatic rings. The predicted molar refractivity (Wildman–Crippen MR) is 295 cm³/mol. The summed E-state index contributed by atoms with van der Waals surface area (Å²) in [7, 11) is -0.0601. The molecule has 0 atom stereocenters. The normalized spacial score (nSPS) is 11.8. The number of nitrogens with zero attached hydrogens (tertiary/aromatic N) is 1. The molecule has 0 aliphatic carbocycles. The van der Waals surface area contributed by atoms with Crippen LogP contribution in [0.3, 0.4) is 0 Å². The zero-order chi connectivity index (χ0) is 56.1. The van der Waals surface area contributed by atoms with Crippen molar-refractivity contribution in [3.63, 3.8) is 0 Å². The third-order valence-electron chi connectivity index (χ3n) is 13.6. The van der Waals surface area contributed by atoms with E-state index in [0.717, 1.165) is 103 Å². The second-order valence-corrected chi connectivity index (χ2v) is 26.6. The summed E-state index contributed by atoms with van der Waals surface area (Å²) in [6.45, 7) is 19.5. The third kappa shape index (κ3) is 40.3. The quantitative estimate of drug-likeness (QED) is 0.0241. The van der Waals surface area contributed by atoms with Gasteiger partial charge in [-0.25, -0.2) is 4.79 Å². The lowest BCUT2D eigenvalue weighted by atomic mass is 9.94. The van der Waals surface area contributed by atoms with Crippen molar-refractivity contribution in [2.24, 2.45) is 0 Å². The first-order chi connectivity index (χ1) is 35.8. The monoisotopic (exact) mass is 1090 g/mol. The molecule has 0 heterocycles. The predicted octanol–water partition coefficient (Wildman–Crippen LogP) is 12.6. The topological polar surface area (TPSA) is 197 Å². The average Bonchev–Trinajstić information content (AvgIpc) is 3.35. The van der Waals surface area contributed by atoms with Crippen LogP contribution in [-0.2, 0) is 71.1 Å². The molecular formula is C58H107NO15Si. The number of rotatable bonds is 50. The Bertz CT molecular complexity index is 1480. The fraction of sp³-hybridized carbons (Fsp3) is 0.879. The van der Waals surface area contributed by atoms with Crippen LogP contribution in [0.1, 0.15) is 241 Å². The van der Waals surface area contributed by atoms with E-state index in [1.54, 1.807) is 0 Å². The lowest BCUT2D eigenvalue weighted by molar-refractivity contribution is -0.191. The van der Waals surface area contributed by atoms with Gasteiger partial charge in [0.2, 0.25) is 5.60 Å². The van der Waals surface area contributed by atoms with Crippen molar-refractivity contribution in [1.29, 1.82) is 0 Å². The summed E-state index contributed by atoms with van der Waals surface area (Å²) < 4.78 is 45.1. The van der Waals surface area contributed by atoms with Crippen LogP contribution in [0.4, 0.5) is 0 Å². The molecule has 0 radical (unpaired) electrons. The van der Waals surface area contributed by atoms with E-state index in [1.807, 2.05) is 11.9 Å². The molecule has 0 aromatic heterocycles. The molecule has 17 heteroatoms. The second kappa shape index (κ2) is 45.4. The van der Waals surface area contributed by atoms with Crippen molar-refractivity contribution in [1.82, 2.24) is 4.90 Å². The molecule has 0 rings (SSSR count). The van der Waals surface area contributed by atoms with Gasteiger partial charge < -0.3 is 42.5 Å². The van der Waals surface area contributed by atoms with Gasteiger partial charge in [0.1, 0.15) is 0 Å². The Morgan fingerprint density at radius 2 is 0.707 bits per heavy atom. The van der Waals surface area contributed by atoms with Crippen molar-refractivity contribution in [3.8, 4) is 0 Å². The van der Waals surface area contributed by atoms with Crippen molar-refractivity contribution in [2.75, 3.05) is 66.4 Å². The molecule has 0 amide bonds. The van der Waals surface area contributed by atoms with Gasteiger partial charge in [0.25, 0.3) is 0 Å². The average molecular weight is 1090 g/mol. The van der Waals surface area contributed by atoms with Crippen LogP contribution in [0.2, 0.25) is 18.1 Å². The summed E-state index contributed by atoms with van der Waals surface area (Å²) in [5.74, 6) is -4.31. The molecule has 0 saturated heterocycles. The van der Waals surface area contributed by atoms with E-state index in [4.69, 9.17) is 37.6 Å². The van der Waals surface area contributed by atoms with Crippen LogP contribution >= 0.6 is 0 Å². The highest BCUT2D eigenvalue weighted by atomic mass is 28.4. The van der Waals surface area contributed by atoms with E-state index in [9.17, 15) is 33.6 Å². The van der Waals surface area contributed by atoms with Gasteiger partial charge in [0, 0.05) is 32.4 Å². The summed E-state index contributed by atoms with van der Waals surface area (Å²) in [4.78, 5) is 93.6. The zero-order valence-corrected chi connectivity index (χ0v) is 49.9. The Morgan fingerprint density at radius 1 is 0.373 bits per heavy atom. The van der Waals surface area contributed by atoms with Crippen LogP contribution < -0.4 is 0 Å². The summed E-state index contributed by atoms with van der Waals surface area (Å²) in [6.07, 6.45) is 20.4. The minimum atomic E-state index is -2.39. The fourth-order valence-electron chi connectivity index (χ4n) is 7.63. The standard InChI is InChI=1S/C58H107NO15Si/c1-10-13-16-19-25-35-50(60)67-41-28-22-31-44-70-54(64)48-58(56(66)72-46-33-24-30-43-69-52(62)37-27-21-18-15-12-3,74-53(63)38-40-59(7)39-34-47-73-75(8,9)57(4,5)6)49-55(65)71-45-32-23-29-42-68-51(61)36-26-20-17-14-11-2/h10-49H2,1-9H3. The smallest absolute Gasteiger partial charge is 0.351 e. The second-order valence-electron chi connectivity index (χ2n) is 21.8. The summed E-state index contributed by atoms with van der Waals surface area (Å²) in [5.41, 5.74) is -2.39. The molecule has 0 aromatic carbocycles. The maximum atomic E-state index is 14.2. The van der Waals surface area contributed by atoms with Crippen molar-refractivity contribution < 1.29 is 71.1 Å². The van der Waals surface area contributed by atoms with Gasteiger partial charge in [-0.1, -0.05) is 119 Å². The lowest BCUT2D eigenvalue weighted by Crippen LogP contribution is -2.49. The van der Waals surface area contributed by atoms with Gasteiger partial charge in [0.05, 0.1) is 58.9 Å². The van der Waals surface area contributed by atoms with E-state index in [0.29, 0.717) is 90.2 Å². The molecule has 0 bridgehead atoms. The van der Waals surface area contributed by atoms with Gasteiger partial charge in [-0.15, -0.1) is 0 Å². The van der Waals surface area contributed by atoms with Crippen molar-refractivity contribution in [2.45, 2.75) is 264 Å². The number of esters is 7. The number of hydrogen-bond donors (Lipinski definition) is 0. The molecule has 16 nitrogen and oxygen atoms in total. The van der Waals surface area contributed by atoms with Crippen molar-refractivity contribution in [3.05, 3.63) is 0 Å². The first-order valence-corrected chi connectivity index (χ1v) is 32.2. The largest absolute Gasteiger partial charge is 0.466 e. The Labute approximate surface area is 455 Å².